The van der Waals surface area contributed by atoms with Crippen molar-refractivity contribution in [3.63, 3.8) is 0 Å². The molecule has 0 radical (unpaired) electrons. The molecule has 0 aliphatic heterocycles. The second-order valence-corrected chi connectivity index (χ2v) is 9.54. The van der Waals surface area contributed by atoms with Crippen LogP contribution in [0.5, 0.6) is 0 Å². The number of carboxylic acid groups (broad SMARTS) is 1. The molecule has 0 bridgehead atoms. The fraction of sp³-hybridized carbons (Fsp3) is 0.407. The minimum atomic E-state index is -0.751. The lowest BCUT2D eigenvalue weighted by Gasteiger charge is -2.20. The number of allylic oxidation sites excluding steroid dienone is 4. The summed E-state index contributed by atoms with van der Waals surface area (Å²) in [6, 6.07) is 4.26. The lowest BCUT2D eigenvalue weighted by Crippen LogP contribution is -2.18. The van der Waals surface area contributed by atoms with E-state index in [0.717, 1.165) is 48.4 Å². The highest BCUT2D eigenvalue weighted by Gasteiger charge is 2.54. The Labute approximate surface area is 187 Å². The van der Waals surface area contributed by atoms with Crippen LogP contribution < -0.4 is 0 Å². The topological polar surface area (TPSA) is 68.7 Å². The Hall–Kier alpha value is -2.92. The van der Waals surface area contributed by atoms with E-state index in [1.54, 1.807) is 0 Å². The largest absolute Gasteiger partial charge is 0.489 e. The highest BCUT2D eigenvalue weighted by atomic mass is 16.5. The number of nitrogens with zero attached hydrogens (tertiary/aromatic N) is 1. The van der Waals surface area contributed by atoms with Gasteiger partial charge in [-0.3, -0.25) is 9.78 Å². The van der Waals surface area contributed by atoms with Crippen molar-refractivity contribution in [2.24, 2.45) is 17.8 Å². The quantitative estimate of drug-likeness (QED) is 0.645. The van der Waals surface area contributed by atoms with Gasteiger partial charge in [0.15, 0.2) is 0 Å². The first-order valence-electron chi connectivity index (χ1n) is 11.5. The first kappa shape index (κ1) is 19.7. The van der Waals surface area contributed by atoms with Crippen molar-refractivity contribution < 1.29 is 19.4 Å². The van der Waals surface area contributed by atoms with Gasteiger partial charge in [-0.15, -0.1) is 0 Å². The maximum Gasteiger partial charge on any atom is 0.307 e. The van der Waals surface area contributed by atoms with Gasteiger partial charge in [0.05, 0.1) is 30.0 Å². The summed E-state index contributed by atoms with van der Waals surface area (Å²) in [5.41, 5.74) is 5.39. The summed E-state index contributed by atoms with van der Waals surface area (Å²) in [5, 5.41) is 9.04. The van der Waals surface area contributed by atoms with Crippen LogP contribution >= 0.6 is 0 Å². The molecule has 0 saturated heterocycles. The minimum absolute atomic E-state index is 0.149. The number of ether oxygens (including phenoxy) is 2. The standard InChI is InChI=1S/C27H27NO4/c29-26(30)11-18-5-6-19(24-12-23(18)24)15-31-22-10-8-20-13-27(20,14-22)32-16-21-9-7-17-3-1-2-4-25(17)28-21/h2,4-10,14,20,23-24H,1,3,11-13,15-16H2,(H,29,30). The second kappa shape index (κ2) is 7.59. The maximum atomic E-state index is 11.0. The molecule has 2 saturated carbocycles. The van der Waals surface area contributed by atoms with Gasteiger partial charge in [0.1, 0.15) is 12.4 Å². The van der Waals surface area contributed by atoms with Gasteiger partial charge in [0.2, 0.25) is 0 Å². The van der Waals surface area contributed by atoms with E-state index >= 15 is 0 Å². The average molecular weight is 430 g/mol. The molecule has 2 fully saturated rings. The van der Waals surface area contributed by atoms with Gasteiger partial charge in [0.25, 0.3) is 0 Å². The fourth-order valence-electron chi connectivity index (χ4n) is 5.27. The Balaban J connectivity index is 1.08. The molecule has 6 rings (SSSR count). The molecule has 5 aliphatic rings. The van der Waals surface area contributed by atoms with Crippen molar-refractivity contribution >= 4 is 12.0 Å². The molecule has 5 heteroatoms. The number of carbonyl (C=O) groups is 1. The van der Waals surface area contributed by atoms with Gasteiger partial charge >= 0.3 is 5.97 Å². The van der Waals surface area contributed by atoms with Crippen LogP contribution in [-0.2, 0) is 27.3 Å². The first-order valence-corrected chi connectivity index (χ1v) is 11.5. The summed E-state index contributed by atoms with van der Waals surface area (Å²) in [6.45, 7) is 1.05. The molecule has 1 heterocycles. The van der Waals surface area contributed by atoms with Crippen LogP contribution in [0.15, 0.2) is 65.5 Å². The van der Waals surface area contributed by atoms with E-state index in [0.29, 0.717) is 31.0 Å². The molecule has 1 aromatic heterocycles. The van der Waals surface area contributed by atoms with E-state index in [-0.39, 0.29) is 12.0 Å². The van der Waals surface area contributed by atoms with Crippen LogP contribution in [0.4, 0.5) is 0 Å². The SMILES string of the molecule is O=C(O)CC1=CC=C(COC2=CC3(OCc4ccc5c(n4)C=CCC5)CC3C=C2)C2CC12. The number of pyridine rings is 1. The number of hydrogen-bond donors (Lipinski definition) is 1. The number of fused-ring (bicyclic) bond motifs is 3. The van der Waals surface area contributed by atoms with Crippen LogP contribution in [0.1, 0.15) is 42.6 Å². The van der Waals surface area contributed by atoms with Crippen LogP contribution in [0, 0.1) is 17.8 Å². The number of aliphatic carboxylic acids is 1. The Morgan fingerprint density at radius 1 is 1.16 bits per heavy atom. The summed E-state index contributed by atoms with van der Waals surface area (Å²) < 4.78 is 12.5. The molecule has 0 aromatic carbocycles. The summed E-state index contributed by atoms with van der Waals surface area (Å²) >= 11 is 0. The summed E-state index contributed by atoms with van der Waals surface area (Å²) in [4.78, 5) is 15.8. The van der Waals surface area contributed by atoms with Crippen molar-refractivity contribution in [2.45, 2.75) is 44.3 Å². The lowest BCUT2D eigenvalue weighted by molar-refractivity contribution is -0.136. The highest BCUT2D eigenvalue weighted by Crippen LogP contribution is 2.54. The van der Waals surface area contributed by atoms with E-state index in [2.05, 4.69) is 48.6 Å². The predicted octanol–water partition coefficient (Wildman–Crippen LogP) is 4.76. The minimum Gasteiger partial charge on any atom is -0.489 e. The van der Waals surface area contributed by atoms with Crippen molar-refractivity contribution in [3.05, 3.63) is 82.4 Å². The van der Waals surface area contributed by atoms with Gasteiger partial charge in [-0.25, -0.2) is 0 Å². The van der Waals surface area contributed by atoms with E-state index in [1.165, 1.54) is 11.1 Å². The average Bonchev–Trinajstić information content (AvgIpc) is 3.70. The smallest absolute Gasteiger partial charge is 0.307 e. The Kier molecular flexibility index (Phi) is 4.68. The highest BCUT2D eigenvalue weighted by molar-refractivity contribution is 5.71. The van der Waals surface area contributed by atoms with E-state index < -0.39 is 5.97 Å². The third-order valence-electron chi connectivity index (χ3n) is 7.32. The van der Waals surface area contributed by atoms with Crippen LogP contribution in [0.25, 0.3) is 6.08 Å². The fourth-order valence-corrected chi connectivity index (χ4v) is 5.27. The van der Waals surface area contributed by atoms with Crippen molar-refractivity contribution in [2.75, 3.05) is 6.61 Å². The number of rotatable bonds is 8. The Bertz CT molecular complexity index is 1120. The summed E-state index contributed by atoms with van der Waals surface area (Å²) in [5.74, 6) is 1.37. The summed E-state index contributed by atoms with van der Waals surface area (Å²) in [7, 11) is 0. The normalized spacial score (nSPS) is 30.9. The summed E-state index contributed by atoms with van der Waals surface area (Å²) in [6.07, 6.45) is 19.0. The van der Waals surface area contributed by atoms with Gasteiger partial charge in [-0.1, -0.05) is 35.9 Å². The third kappa shape index (κ3) is 3.75. The second-order valence-electron chi connectivity index (χ2n) is 9.54. The molecule has 4 unspecified atom stereocenters. The van der Waals surface area contributed by atoms with Gasteiger partial charge in [-0.2, -0.15) is 0 Å². The van der Waals surface area contributed by atoms with Crippen LogP contribution in [0.3, 0.4) is 0 Å². The predicted molar refractivity (Wildman–Crippen MR) is 120 cm³/mol. The van der Waals surface area contributed by atoms with Crippen molar-refractivity contribution in [1.29, 1.82) is 0 Å². The van der Waals surface area contributed by atoms with E-state index in [9.17, 15) is 4.79 Å². The molecule has 5 nitrogen and oxygen atoms in total. The van der Waals surface area contributed by atoms with E-state index in [1.807, 2.05) is 6.08 Å². The first-order chi connectivity index (χ1) is 15.6. The monoisotopic (exact) mass is 429 g/mol. The number of aromatic nitrogens is 1. The number of carboxylic acids is 1. The number of hydrogen-bond acceptors (Lipinski definition) is 4. The molecular weight excluding hydrogens is 402 g/mol. The van der Waals surface area contributed by atoms with Gasteiger partial charge in [-0.05, 0) is 73.0 Å². The molecule has 5 aliphatic carbocycles. The molecule has 164 valence electrons. The number of aryl methyl sites for hydroxylation is 1. The lowest BCUT2D eigenvalue weighted by atomic mass is 9.97. The van der Waals surface area contributed by atoms with Crippen LogP contribution in [-0.4, -0.2) is 28.3 Å². The van der Waals surface area contributed by atoms with Gasteiger partial charge in [0, 0.05) is 5.92 Å². The van der Waals surface area contributed by atoms with Crippen molar-refractivity contribution in [1.82, 2.24) is 4.98 Å². The van der Waals surface area contributed by atoms with E-state index in [4.69, 9.17) is 19.6 Å². The zero-order valence-corrected chi connectivity index (χ0v) is 18.0. The molecule has 0 spiro atoms. The van der Waals surface area contributed by atoms with Crippen molar-refractivity contribution in [3.8, 4) is 0 Å². The molecule has 32 heavy (non-hydrogen) atoms. The molecule has 1 N–H and O–H groups in total. The Morgan fingerprint density at radius 3 is 2.94 bits per heavy atom. The maximum absolute atomic E-state index is 11.0. The Morgan fingerprint density at radius 2 is 2.03 bits per heavy atom. The molecule has 1 aromatic rings. The molecular formula is C27H27NO4. The zero-order chi connectivity index (χ0) is 21.7. The molecule has 0 amide bonds. The molecule has 4 atom stereocenters. The van der Waals surface area contributed by atoms with Crippen LogP contribution in [0.2, 0.25) is 0 Å². The zero-order valence-electron chi connectivity index (χ0n) is 18.0. The third-order valence-corrected chi connectivity index (χ3v) is 7.32. The van der Waals surface area contributed by atoms with Gasteiger partial charge < -0.3 is 14.6 Å².